The third-order valence-corrected chi connectivity index (χ3v) is 6.30. The summed E-state index contributed by atoms with van der Waals surface area (Å²) in [7, 11) is -0.347. The van der Waals surface area contributed by atoms with Crippen molar-refractivity contribution in [2.24, 2.45) is 5.92 Å². The van der Waals surface area contributed by atoms with E-state index in [0.29, 0.717) is 17.8 Å². The van der Waals surface area contributed by atoms with E-state index in [-0.39, 0.29) is 6.04 Å². The van der Waals surface area contributed by atoms with Crippen LogP contribution in [0, 0.1) is 5.92 Å². The maximum atomic E-state index is 11.1. The molecule has 2 heterocycles. The second-order valence-corrected chi connectivity index (χ2v) is 8.09. The smallest absolute Gasteiger partial charge is 0.358 e. The van der Waals surface area contributed by atoms with E-state index in [1.54, 1.807) is 30.3 Å². The summed E-state index contributed by atoms with van der Waals surface area (Å²) in [5.74, 6) is -1.44. The molecule has 2 aliphatic rings. The molecule has 134 valence electrons. The average molecular weight is 357 g/mol. The Balaban J connectivity index is 0.000000177. The van der Waals surface area contributed by atoms with Crippen molar-refractivity contribution in [3.05, 3.63) is 30.3 Å². The number of carboxylic acids is 1. The highest BCUT2D eigenvalue weighted by atomic mass is 31.2. The maximum Gasteiger partial charge on any atom is 0.358 e. The molecule has 0 amide bonds. The quantitative estimate of drug-likeness (QED) is 0.694. The Hall–Kier alpha value is -1.24. The third-order valence-electron chi connectivity index (χ3n) is 4.85. The minimum Gasteiger partial charge on any atom is -0.481 e. The van der Waals surface area contributed by atoms with Gasteiger partial charge in [-0.1, -0.05) is 18.2 Å². The van der Waals surface area contributed by atoms with E-state index in [1.165, 1.54) is 7.11 Å². The molecule has 3 rings (SSSR count). The lowest BCUT2D eigenvalue weighted by Gasteiger charge is -2.38. The predicted molar refractivity (Wildman–Crippen MR) is 89.2 cm³/mol. The largest absolute Gasteiger partial charge is 0.481 e. The second-order valence-electron chi connectivity index (χ2n) is 6.17. The molecular weight excluding hydrogens is 333 g/mol. The monoisotopic (exact) mass is 357 g/mol. The summed E-state index contributed by atoms with van der Waals surface area (Å²) in [6.45, 7) is 0. The number of aliphatic hydroxyl groups excluding tert-OH is 1. The van der Waals surface area contributed by atoms with Gasteiger partial charge in [0.05, 0.1) is 17.3 Å². The van der Waals surface area contributed by atoms with E-state index >= 15 is 0 Å². The van der Waals surface area contributed by atoms with Crippen molar-refractivity contribution < 1.29 is 29.0 Å². The Morgan fingerprint density at radius 1 is 1.29 bits per heavy atom. The summed E-state index contributed by atoms with van der Waals surface area (Å²) in [6, 6.07) is 8.73. The standard InChI is InChI=1S/C9H15NO3.C7H9O3P/c1-10-5-2-3-6(10)8(9(12)13)7(11)4-5;1-10-11(8,9)7-5-3-2-4-6-7/h5-8,11H,2-4H2,1H3,(H,12,13);2-6H,1H3,(H,8,9)/t5?,6?,7-,8?;/m0./s1. The molecule has 7 nitrogen and oxygen atoms in total. The Morgan fingerprint density at radius 3 is 2.46 bits per heavy atom. The first-order valence-corrected chi connectivity index (χ1v) is 9.42. The summed E-state index contributed by atoms with van der Waals surface area (Å²) in [4.78, 5) is 22.2. The van der Waals surface area contributed by atoms with Gasteiger partial charge in [0.25, 0.3) is 0 Å². The van der Waals surface area contributed by atoms with Gasteiger partial charge >= 0.3 is 13.6 Å². The van der Waals surface area contributed by atoms with Crippen molar-refractivity contribution in [1.82, 2.24) is 4.90 Å². The van der Waals surface area contributed by atoms with E-state index in [9.17, 15) is 14.5 Å². The molecule has 8 heteroatoms. The van der Waals surface area contributed by atoms with Crippen LogP contribution >= 0.6 is 7.60 Å². The van der Waals surface area contributed by atoms with E-state index < -0.39 is 25.6 Å². The first-order chi connectivity index (χ1) is 11.3. The highest BCUT2D eigenvalue weighted by molar-refractivity contribution is 7.61. The summed E-state index contributed by atoms with van der Waals surface area (Å²) in [5.41, 5.74) is 0. The number of fused-ring (bicyclic) bond motifs is 2. The van der Waals surface area contributed by atoms with Gasteiger partial charge in [-0.15, -0.1) is 0 Å². The summed E-state index contributed by atoms with van der Waals surface area (Å²) >= 11 is 0. The Kier molecular flexibility index (Phi) is 6.17. The molecule has 0 aliphatic carbocycles. The number of carboxylic acid groups (broad SMARTS) is 1. The van der Waals surface area contributed by atoms with Gasteiger partial charge in [0.1, 0.15) is 0 Å². The average Bonchev–Trinajstić information content (AvgIpc) is 2.80. The summed E-state index contributed by atoms with van der Waals surface area (Å²) in [5, 5.41) is 18.9. The number of benzene rings is 1. The van der Waals surface area contributed by atoms with Gasteiger partial charge < -0.3 is 19.6 Å². The number of aliphatic carboxylic acids is 1. The van der Waals surface area contributed by atoms with Gasteiger partial charge in [-0.25, -0.2) is 0 Å². The van der Waals surface area contributed by atoms with Gasteiger partial charge in [0.15, 0.2) is 0 Å². The molecule has 3 N–H and O–H groups in total. The van der Waals surface area contributed by atoms with Crippen LogP contribution in [0.25, 0.3) is 0 Å². The van der Waals surface area contributed by atoms with E-state index in [4.69, 9.17) is 10.00 Å². The minimum absolute atomic E-state index is 0.0475. The van der Waals surface area contributed by atoms with Crippen LogP contribution in [0.4, 0.5) is 0 Å². The SMILES string of the molecule is CN1C2CCC1C(C(=O)O)[C@@H](O)C2.COP(=O)(O)c1ccccc1. The molecule has 0 radical (unpaired) electrons. The van der Waals surface area contributed by atoms with Crippen molar-refractivity contribution in [3.8, 4) is 0 Å². The third kappa shape index (κ3) is 4.05. The predicted octanol–water partition coefficient (Wildman–Crippen LogP) is 1.06. The van der Waals surface area contributed by atoms with Crippen molar-refractivity contribution in [1.29, 1.82) is 0 Å². The van der Waals surface area contributed by atoms with Gasteiger partial charge in [-0.3, -0.25) is 14.3 Å². The normalized spacial score (nSPS) is 31.7. The second kappa shape index (κ2) is 7.76. The Morgan fingerprint density at radius 2 is 1.92 bits per heavy atom. The summed E-state index contributed by atoms with van der Waals surface area (Å²) in [6.07, 6.45) is 1.91. The molecule has 2 bridgehead atoms. The molecule has 1 aromatic carbocycles. The van der Waals surface area contributed by atoms with E-state index in [0.717, 1.165) is 12.8 Å². The Labute approximate surface area is 141 Å². The molecule has 0 aromatic heterocycles. The molecule has 24 heavy (non-hydrogen) atoms. The lowest BCUT2D eigenvalue weighted by atomic mass is 9.88. The molecule has 5 atom stereocenters. The van der Waals surface area contributed by atoms with Crippen LogP contribution in [0.3, 0.4) is 0 Å². The van der Waals surface area contributed by atoms with Gasteiger partial charge in [-0.2, -0.15) is 0 Å². The van der Waals surface area contributed by atoms with Crippen LogP contribution < -0.4 is 5.30 Å². The fraction of sp³-hybridized carbons (Fsp3) is 0.562. The molecular formula is C16H24NO6P. The number of carbonyl (C=O) groups is 1. The molecule has 2 fully saturated rings. The Bertz CT molecular complexity index is 610. The molecule has 2 saturated heterocycles. The molecule has 0 spiro atoms. The van der Waals surface area contributed by atoms with Crippen LogP contribution in [-0.2, 0) is 13.9 Å². The van der Waals surface area contributed by atoms with E-state index in [1.807, 2.05) is 7.05 Å². The number of aliphatic hydroxyl groups is 1. The fourth-order valence-electron chi connectivity index (χ4n) is 3.49. The number of hydrogen-bond acceptors (Lipinski definition) is 5. The van der Waals surface area contributed by atoms with Crippen LogP contribution in [0.15, 0.2) is 30.3 Å². The maximum absolute atomic E-state index is 11.1. The zero-order valence-corrected chi connectivity index (χ0v) is 14.7. The van der Waals surface area contributed by atoms with Crippen LogP contribution in [-0.4, -0.2) is 58.3 Å². The van der Waals surface area contributed by atoms with Crippen LogP contribution in [0.2, 0.25) is 0 Å². The van der Waals surface area contributed by atoms with Crippen molar-refractivity contribution in [2.75, 3.05) is 14.2 Å². The molecule has 1 aromatic rings. The van der Waals surface area contributed by atoms with Gasteiger partial charge in [0.2, 0.25) is 0 Å². The number of hydrogen-bond donors (Lipinski definition) is 3. The van der Waals surface area contributed by atoms with E-state index in [2.05, 4.69) is 9.42 Å². The van der Waals surface area contributed by atoms with Crippen molar-refractivity contribution in [2.45, 2.75) is 37.5 Å². The molecule has 4 unspecified atom stereocenters. The first kappa shape index (κ1) is 19.1. The number of rotatable bonds is 3. The lowest BCUT2D eigenvalue weighted by molar-refractivity contribution is -0.151. The van der Waals surface area contributed by atoms with Crippen LogP contribution in [0.5, 0.6) is 0 Å². The van der Waals surface area contributed by atoms with Crippen molar-refractivity contribution in [3.63, 3.8) is 0 Å². The minimum atomic E-state index is -3.53. The topological polar surface area (TPSA) is 107 Å². The van der Waals surface area contributed by atoms with Crippen molar-refractivity contribution >= 4 is 18.9 Å². The fourth-order valence-corrected chi connectivity index (χ4v) is 4.25. The number of nitrogens with zero attached hydrogens (tertiary/aromatic N) is 1. The van der Waals surface area contributed by atoms with Crippen LogP contribution in [0.1, 0.15) is 19.3 Å². The highest BCUT2D eigenvalue weighted by Crippen LogP contribution is 2.39. The number of piperidine rings is 1. The first-order valence-electron chi connectivity index (χ1n) is 7.85. The lowest BCUT2D eigenvalue weighted by Crippen LogP contribution is -2.51. The van der Waals surface area contributed by atoms with Gasteiger partial charge in [0, 0.05) is 19.2 Å². The van der Waals surface area contributed by atoms with Gasteiger partial charge in [-0.05, 0) is 38.4 Å². The summed E-state index contributed by atoms with van der Waals surface area (Å²) < 4.78 is 15.6. The highest BCUT2D eigenvalue weighted by Gasteiger charge is 2.48. The molecule has 2 aliphatic heterocycles. The zero-order chi connectivity index (χ0) is 17.9. The molecule has 0 saturated carbocycles. The zero-order valence-electron chi connectivity index (χ0n) is 13.8.